The van der Waals surface area contributed by atoms with Gasteiger partial charge in [0, 0.05) is 13.6 Å². The van der Waals surface area contributed by atoms with E-state index < -0.39 is 0 Å². The Morgan fingerprint density at radius 3 is 2.63 bits per heavy atom. The number of thiophene rings is 1. The lowest BCUT2D eigenvalue weighted by atomic mass is 10.2. The summed E-state index contributed by atoms with van der Waals surface area (Å²) < 4.78 is 0. The third kappa shape index (κ3) is 3.21. The molecule has 0 fully saturated rings. The van der Waals surface area contributed by atoms with Gasteiger partial charge in [0.05, 0.1) is 15.7 Å². The Labute approximate surface area is 125 Å². The Balaban J connectivity index is 2.13. The molecule has 2 N–H and O–H groups in total. The van der Waals surface area contributed by atoms with Crippen LogP contribution in [0.5, 0.6) is 0 Å². The van der Waals surface area contributed by atoms with E-state index in [9.17, 15) is 4.79 Å². The normalized spacial score (nSPS) is 10.5. The van der Waals surface area contributed by atoms with Crippen LogP contribution in [-0.2, 0) is 6.54 Å². The van der Waals surface area contributed by atoms with E-state index in [0.717, 1.165) is 5.56 Å². The summed E-state index contributed by atoms with van der Waals surface area (Å²) >= 11 is 13.1. The van der Waals surface area contributed by atoms with Gasteiger partial charge in [0.15, 0.2) is 0 Å². The van der Waals surface area contributed by atoms with Crippen LogP contribution in [0.3, 0.4) is 0 Å². The lowest BCUT2D eigenvalue weighted by Gasteiger charge is -2.17. The first-order valence-corrected chi connectivity index (χ1v) is 7.15. The highest BCUT2D eigenvalue weighted by atomic mass is 35.5. The maximum Gasteiger partial charge on any atom is 0.266 e. The van der Waals surface area contributed by atoms with Crippen molar-refractivity contribution in [1.82, 2.24) is 4.90 Å². The molecule has 2 rings (SSSR count). The highest BCUT2D eigenvalue weighted by Crippen LogP contribution is 2.24. The molecule has 0 bridgehead atoms. The van der Waals surface area contributed by atoms with Crippen LogP contribution in [0.2, 0.25) is 10.0 Å². The second-order valence-electron chi connectivity index (χ2n) is 4.11. The van der Waals surface area contributed by atoms with Crippen molar-refractivity contribution in [2.75, 3.05) is 12.8 Å². The Kier molecular flexibility index (Phi) is 4.34. The van der Waals surface area contributed by atoms with Crippen LogP contribution in [0.4, 0.5) is 5.69 Å². The number of rotatable bonds is 3. The number of carbonyl (C=O) groups is 1. The van der Waals surface area contributed by atoms with E-state index in [2.05, 4.69) is 0 Å². The topological polar surface area (TPSA) is 46.3 Å². The standard InChI is InChI=1S/C13H12Cl2N2OS/c1-17(13(18)12-11(16)4-5-19-12)7-8-2-3-9(14)10(15)6-8/h2-6H,7,16H2,1H3. The minimum Gasteiger partial charge on any atom is -0.397 e. The fourth-order valence-corrected chi connectivity index (χ4v) is 2.78. The van der Waals surface area contributed by atoms with Gasteiger partial charge in [-0.2, -0.15) is 0 Å². The van der Waals surface area contributed by atoms with Gasteiger partial charge < -0.3 is 10.6 Å². The number of nitrogens with two attached hydrogens (primary N) is 1. The molecule has 1 amide bonds. The average molecular weight is 315 g/mol. The monoisotopic (exact) mass is 314 g/mol. The molecular formula is C13H12Cl2N2OS. The van der Waals surface area contributed by atoms with Gasteiger partial charge in [-0.25, -0.2) is 0 Å². The van der Waals surface area contributed by atoms with Crippen molar-refractivity contribution in [1.29, 1.82) is 0 Å². The summed E-state index contributed by atoms with van der Waals surface area (Å²) in [6, 6.07) is 7.04. The van der Waals surface area contributed by atoms with Crippen LogP contribution < -0.4 is 5.73 Å². The summed E-state index contributed by atoms with van der Waals surface area (Å²) in [4.78, 5) is 14.3. The van der Waals surface area contributed by atoms with E-state index in [1.165, 1.54) is 11.3 Å². The van der Waals surface area contributed by atoms with Gasteiger partial charge in [-0.1, -0.05) is 29.3 Å². The third-order valence-corrected chi connectivity index (χ3v) is 4.30. The molecule has 3 nitrogen and oxygen atoms in total. The number of carbonyl (C=O) groups excluding carboxylic acids is 1. The SMILES string of the molecule is CN(Cc1ccc(Cl)c(Cl)c1)C(=O)c1sccc1N. The van der Waals surface area contributed by atoms with Crippen molar-refractivity contribution in [3.8, 4) is 0 Å². The van der Waals surface area contributed by atoms with Gasteiger partial charge in [0.1, 0.15) is 4.88 Å². The highest BCUT2D eigenvalue weighted by Gasteiger charge is 2.16. The van der Waals surface area contributed by atoms with Crippen LogP contribution in [0, 0.1) is 0 Å². The van der Waals surface area contributed by atoms with Crippen LogP contribution >= 0.6 is 34.5 Å². The molecular weight excluding hydrogens is 303 g/mol. The summed E-state index contributed by atoms with van der Waals surface area (Å²) in [5.41, 5.74) is 7.17. The van der Waals surface area contributed by atoms with E-state index in [1.807, 2.05) is 6.07 Å². The predicted octanol–water partition coefficient (Wildman–Crippen LogP) is 3.91. The van der Waals surface area contributed by atoms with Gasteiger partial charge >= 0.3 is 0 Å². The van der Waals surface area contributed by atoms with Gasteiger partial charge in [-0.05, 0) is 29.1 Å². The first-order chi connectivity index (χ1) is 8.99. The number of anilines is 1. The molecule has 0 radical (unpaired) electrons. The molecule has 6 heteroatoms. The number of hydrogen-bond acceptors (Lipinski definition) is 3. The lowest BCUT2D eigenvalue weighted by molar-refractivity contribution is 0.0791. The molecule has 0 spiro atoms. The second kappa shape index (κ2) is 5.82. The molecule has 2 aromatic rings. The molecule has 0 aliphatic carbocycles. The van der Waals surface area contributed by atoms with E-state index in [-0.39, 0.29) is 5.91 Å². The Morgan fingerprint density at radius 2 is 2.05 bits per heavy atom. The molecule has 1 aromatic heterocycles. The van der Waals surface area contributed by atoms with E-state index in [1.54, 1.807) is 35.5 Å². The molecule has 100 valence electrons. The summed E-state index contributed by atoms with van der Waals surface area (Å²) in [7, 11) is 1.73. The summed E-state index contributed by atoms with van der Waals surface area (Å²) in [6.45, 7) is 0.451. The summed E-state index contributed by atoms with van der Waals surface area (Å²) in [6.07, 6.45) is 0. The van der Waals surface area contributed by atoms with Gasteiger partial charge in [-0.15, -0.1) is 11.3 Å². The van der Waals surface area contributed by atoms with Crippen LogP contribution in [-0.4, -0.2) is 17.9 Å². The first-order valence-electron chi connectivity index (χ1n) is 5.51. The van der Waals surface area contributed by atoms with Gasteiger partial charge in [0.2, 0.25) is 0 Å². The second-order valence-corrected chi connectivity index (χ2v) is 5.85. The average Bonchev–Trinajstić information content (AvgIpc) is 2.79. The van der Waals surface area contributed by atoms with E-state index in [0.29, 0.717) is 27.2 Å². The van der Waals surface area contributed by atoms with Crippen LogP contribution in [0.25, 0.3) is 0 Å². The maximum absolute atomic E-state index is 12.2. The van der Waals surface area contributed by atoms with E-state index in [4.69, 9.17) is 28.9 Å². The minimum absolute atomic E-state index is 0.0985. The molecule has 1 heterocycles. The largest absolute Gasteiger partial charge is 0.397 e. The molecule has 0 aliphatic heterocycles. The number of amides is 1. The minimum atomic E-state index is -0.0985. The van der Waals surface area contributed by atoms with Crippen molar-refractivity contribution in [3.05, 3.63) is 50.1 Å². The molecule has 0 aliphatic rings. The number of halogens is 2. The maximum atomic E-state index is 12.2. The van der Waals surface area contributed by atoms with Crippen molar-refractivity contribution < 1.29 is 4.79 Å². The quantitative estimate of drug-likeness (QED) is 0.933. The number of benzene rings is 1. The van der Waals surface area contributed by atoms with Crippen molar-refractivity contribution in [3.63, 3.8) is 0 Å². The summed E-state index contributed by atoms with van der Waals surface area (Å²) in [5, 5.41) is 2.78. The smallest absolute Gasteiger partial charge is 0.266 e. The third-order valence-electron chi connectivity index (χ3n) is 2.64. The number of nitrogen functional groups attached to an aromatic ring is 1. The number of hydrogen-bond donors (Lipinski definition) is 1. The molecule has 1 aromatic carbocycles. The molecule has 0 unspecified atom stereocenters. The first kappa shape index (κ1) is 14.2. The molecule has 19 heavy (non-hydrogen) atoms. The molecule has 0 saturated carbocycles. The fourth-order valence-electron chi connectivity index (χ4n) is 1.65. The van der Waals surface area contributed by atoms with Crippen molar-refractivity contribution in [2.45, 2.75) is 6.54 Å². The highest BCUT2D eigenvalue weighted by molar-refractivity contribution is 7.12. The Hall–Kier alpha value is -1.23. The van der Waals surface area contributed by atoms with Crippen LogP contribution in [0.15, 0.2) is 29.6 Å². The lowest BCUT2D eigenvalue weighted by Crippen LogP contribution is -2.26. The molecule has 0 atom stereocenters. The van der Waals surface area contributed by atoms with E-state index >= 15 is 0 Å². The molecule has 0 saturated heterocycles. The van der Waals surface area contributed by atoms with Gasteiger partial charge in [0.25, 0.3) is 5.91 Å². The Morgan fingerprint density at radius 1 is 1.32 bits per heavy atom. The zero-order valence-electron chi connectivity index (χ0n) is 10.2. The summed E-state index contributed by atoms with van der Waals surface area (Å²) in [5.74, 6) is -0.0985. The van der Waals surface area contributed by atoms with Crippen molar-refractivity contribution >= 4 is 46.1 Å². The Bertz CT molecular complexity index is 612. The fraction of sp³-hybridized carbons (Fsp3) is 0.154. The zero-order chi connectivity index (χ0) is 14.0. The predicted molar refractivity (Wildman–Crippen MR) is 81.0 cm³/mol. The van der Waals surface area contributed by atoms with Gasteiger partial charge in [-0.3, -0.25) is 4.79 Å². The number of nitrogens with zero attached hydrogens (tertiary/aromatic N) is 1. The van der Waals surface area contributed by atoms with Crippen molar-refractivity contribution in [2.24, 2.45) is 0 Å². The zero-order valence-corrected chi connectivity index (χ0v) is 12.5. The van der Waals surface area contributed by atoms with Crippen LogP contribution in [0.1, 0.15) is 15.2 Å².